The molecule has 0 fully saturated rings. The fourth-order valence-electron chi connectivity index (χ4n) is 7.20. The van der Waals surface area contributed by atoms with Gasteiger partial charge in [-0.05, 0) is 57.8 Å². The maximum atomic E-state index is 12.8. The van der Waals surface area contributed by atoms with Crippen LogP contribution in [0.5, 0.6) is 0 Å². The van der Waals surface area contributed by atoms with Gasteiger partial charge < -0.3 is 14.2 Å². The summed E-state index contributed by atoms with van der Waals surface area (Å²) in [5.41, 5.74) is 0. The number of unbranched alkanes of at least 4 members (excludes halogenated alkanes) is 27. The first-order valence-electron chi connectivity index (χ1n) is 25.6. The van der Waals surface area contributed by atoms with E-state index in [1.54, 1.807) is 0 Å². The Hall–Kier alpha value is -2.63. The lowest BCUT2D eigenvalue weighted by Gasteiger charge is -2.18. The Balaban J connectivity index is 4.43. The Morgan fingerprint density at radius 3 is 1.00 bits per heavy atom. The Kier molecular flexibility index (Phi) is 46.9. The van der Waals surface area contributed by atoms with Crippen molar-refractivity contribution in [1.29, 1.82) is 0 Å². The average molecular weight is 841 g/mol. The van der Waals surface area contributed by atoms with Crippen LogP contribution >= 0.6 is 0 Å². The molecule has 0 N–H and O–H groups in total. The summed E-state index contributed by atoms with van der Waals surface area (Å²) >= 11 is 0. The molecule has 1 atom stereocenters. The van der Waals surface area contributed by atoms with Crippen molar-refractivity contribution in [1.82, 2.24) is 0 Å². The number of esters is 3. The topological polar surface area (TPSA) is 78.9 Å². The molecule has 0 amide bonds. The molecule has 0 heterocycles. The molecule has 0 aromatic carbocycles. The van der Waals surface area contributed by atoms with Crippen LogP contribution in [0.4, 0.5) is 0 Å². The van der Waals surface area contributed by atoms with Gasteiger partial charge in [0.25, 0.3) is 0 Å². The fraction of sp³-hybridized carbons (Fsp3) is 0.796. The van der Waals surface area contributed by atoms with Gasteiger partial charge in [-0.2, -0.15) is 0 Å². The molecule has 0 aromatic heterocycles. The Bertz CT molecular complexity index is 1060. The van der Waals surface area contributed by atoms with E-state index in [4.69, 9.17) is 14.2 Å². The maximum Gasteiger partial charge on any atom is 0.306 e. The molecule has 0 rings (SSSR count). The van der Waals surface area contributed by atoms with Crippen molar-refractivity contribution in [2.24, 2.45) is 0 Å². The highest BCUT2D eigenvalue weighted by Crippen LogP contribution is 2.15. The second-order valence-corrected chi connectivity index (χ2v) is 17.1. The molecule has 6 nitrogen and oxygen atoms in total. The quantitative estimate of drug-likeness (QED) is 0.0263. The van der Waals surface area contributed by atoms with E-state index in [1.165, 1.54) is 148 Å². The largest absolute Gasteiger partial charge is 0.462 e. The molecular weight excluding hydrogens is 745 g/mol. The molecule has 0 aromatic rings. The number of allylic oxidation sites excluding steroid dienone is 8. The number of ether oxygens (including phenoxy) is 3. The predicted molar refractivity (Wildman–Crippen MR) is 256 cm³/mol. The van der Waals surface area contributed by atoms with Crippen LogP contribution in [0.25, 0.3) is 0 Å². The number of carbonyl (C=O) groups is 3. The van der Waals surface area contributed by atoms with Gasteiger partial charge in [-0.15, -0.1) is 0 Å². The lowest BCUT2D eigenvalue weighted by atomic mass is 10.0. The second-order valence-electron chi connectivity index (χ2n) is 17.1. The first kappa shape index (κ1) is 57.4. The van der Waals surface area contributed by atoms with E-state index < -0.39 is 6.10 Å². The van der Waals surface area contributed by atoms with Gasteiger partial charge in [0.1, 0.15) is 13.2 Å². The molecule has 0 aliphatic heterocycles. The lowest BCUT2D eigenvalue weighted by molar-refractivity contribution is -0.167. The molecule has 6 heteroatoms. The minimum atomic E-state index is -0.789. The zero-order chi connectivity index (χ0) is 43.7. The van der Waals surface area contributed by atoms with E-state index in [-0.39, 0.29) is 37.5 Å². The maximum absolute atomic E-state index is 12.8. The van der Waals surface area contributed by atoms with E-state index in [0.717, 1.165) is 64.2 Å². The first-order chi connectivity index (χ1) is 29.5. The van der Waals surface area contributed by atoms with Gasteiger partial charge in [0.15, 0.2) is 6.10 Å². The van der Waals surface area contributed by atoms with Crippen molar-refractivity contribution in [2.75, 3.05) is 13.2 Å². The third kappa shape index (κ3) is 46.4. The molecule has 0 saturated carbocycles. The van der Waals surface area contributed by atoms with Gasteiger partial charge in [-0.25, -0.2) is 0 Å². The Morgan fingerprint density at radius 1 is 0.333 bits per heavy atom. The molecule has 0 spiro atoms. The van der Waals surface area contributed by atoms with Crippen molar-refractivity contribution in [3.63, 3.8) is 0 Å². The summed E-state index contributed by atoms with van der Waals surface area (Å²) in [4.78, 5) is 37.9. The van der Waals surface area contributed by atoms with Gasteiger partial charge >= 0.3 is 17.9 Å². The highest BCUT2D eigenvalue weighted by Gasteiger charge is 2.19. The number of hydrogen-bond donors (Lipinski definition) is 0. The second kappa shape index (κ2) is 49.0. The molecular formula is C54H96O6. The molecule has 0 saturated heterocycles. The van der Waals surface area contributed by atoms with E-state index in [2.05, 4.69) is 69.4 Å². The van der Waals surface area contributed by atoms with E-state index >= 15 is 0 Å². The first-order valence-corrected chi connectivity index (χ1v) is 25.6. The number of hydrogen-bond acceptors (Lipinski definition) is 6. The predicted octanol–water partition coefficient (Wildman–Crippen LogP) is 16.7. The van der Waals surface area contributed by atoms with Crippen LogP contribution < -0.4 is 0 Å². The summed E-state index contributed by atoms with van der Waals surface area (Å²) in [7, 11) is 0. The third-order valence-corrected chi connectivity index (χ3v) is 11.1. The summed E-state index contributed by atoms with van der Waals surface area (Å²) in [5, 5.41) is 0. The molecule has 0 aliphatic carbocycles. The van der Waals surface area contributed by atoms with Gasteiger partial charge in [0, 0.05) is 19.3 Å². The number of carbonyl (C=O) groups excluding carboxylic acids is 3. The van der Waals surface area contributed by atoms with Crippen LogP contribution in [0.15, 0.2) is 48.6 Å². The standard InChI is InChI=1S/C54H96O6/c1-4-7-10-13-16-19-22-24-26-27-28-30-32-35-38-41-44-47-53(56)59-50-51(49-58-52(55)46-43-40-37-34-31-21-18-15-12-9-6-3)60-54(57)48-45-42-39-36-33-29-25-23-20-17-14-11-8-5-2/h16,19,24,26,28,30,35,38,51H,4-15,17-18,20-23,25,27,29,31-34,36-37,39-50H2,1-3H3/b19-16-,26-24-,30-28-,38-35-/t51-/m0/s1. The van der Waals surface area contributed by atoms with Crippen LogP contribution in [-0.4, -0.2) is 37.2 Å². The van der Waals surface area contributed by atoms with Gasteiger partial charge in [0.2, 0.25) is 0 Å². The summed E-state index contributed by atoms with van der Waals surface area (Å²) in [5.74, 6) is -0.938. The highest BCUT2D eigenvalue weighted by atomic mass is 16.6. The van der Waals surface area contributed by atoms with Crippen LogP contribution in [0, 0.1) is 0 Å². The smallest absolute Gasteiger partial charge is 0.306 e. The molecule has 0 radical (unpaired) electrons. The van der Waals surface area contributed by atoms with Crippen molar-refractivity contribution in [3.8, 4) is 0 Å². The van der Waals surface area contributed by atoms with E-state index in [0.29, 0.717) is 19.3 Å². The minimum absolute atomic E-state index is 0.0865. The summed E-state index contributed by atoms with van der Waals surface area (Å²) in [6.07, 6.45) is 58.1. The Labute approximate surface area is 371 Å². The Morgan fingerprint density at radius 2 is 0.617 bits per heavy atom. The SMILES string of the molecule is CCCCC/C=C\C/C=C\C/C=C\C/C=C\CCCC(=O)OC[C@H](COC(=O)CCCCCCCCCCCCC)OC(=O)CCCCCCCCCCCCCCCC. The van der Waals surface area contributed by atoms with Crippen molar-refractivity contribution in [3.05, 3.63) is 48.6 Å². The van der Waals surface area contributed by atoms with Crippen LogP contribution in [-0.2, 0) is 28.6 Å². The van der Waals surface area contributed by atoms with Crippen LogP contribution in [0.3, 0.4) is 0 Å². The molecule has 348 valence electrons. The summed E-state index contributed by atoms with van der Waals surface area (Å²) < 4.78 is 16.7. The highest BCUT2D eigenvalue weighted by molar-refractivity contribution is 5.71. The fourth-order valence-corrected chi connectivity index (χ4v) is 7.20. The third-order valence-electron chi connectivity index (χ3n) is 11.1. The van der Waals surface area contributed by atoms with Crippen molar-refractivity contribution in [2.45, 2.75) is 264 Å². The van der Waals surface area contributed by atoms with Gasteiger partial charge in [-0.1, -0.05) is 230 Å². The van der Waals surface area contributed by atoms with Crippen molar-refractivity contribution >= 4 is 17.9 Å². The van der Waals surface area contributed by atoms with Crippen LogP contribution in [0.1, 0.15) is 258 Å². The number of rotatable bonds is 46. The van der Waals surface area contributed by atoms with Gasteiger partial charge in [0.05, 0.1) is 0 Å². The monoisotopic (exact) mass is 841 g/mol. The molecule has 60 heavy (non-hydrogen) atoms. The zero-order valence-corrected chi connectivity index (χ0v) is 39.7. The molecule has 0 aliphatic rings. The normalized spacial score (nSPS) is 12.4. The van der Waals surface area contributed by atoms with Crippen LogP contribution in [0.2, 0.25) is 0 Å². The van der Waals surface area contributed by atoms with Gasteiger partial charge in [-0.3, -0.25) is 14.4 Å². The molecule has 0 unspecified atom stereocenters. The molecule has 0 bridgehead atoms. The summed E-state index contributed by atoms with van der Waals surface area (Å²) in [6, 6.07) is 0. The van der Waals surface area contributed by atoms with E-state index in [1.807, 2.05) is 0 Å². The summed E-state index contributed by atoms with van der Waals surface area (Å²) in [6.45, 7) is 6.57. The zero-order valence-electron chi connectivity index (χ0n) is 39.7. The van der Waals surface area contributed by atoms with Crippen molar-refractivity contribution < 1.29 is 28.6 Å². The lowest BCUT2D eigenvalue weighted by Crippen LogP contribution is -2.30. The average Bonchev–Trinajstić information content (AvgIpc) is 3.24. The minimum Gasteiger partial charge on any atom is -0.462 e. The van der Waals surface area contributed by atoms with E-state index in [9.17, 15) is 14.4 Å².